The van der Waals surface area contributed by atoms with Crippen LogP contribution < -0.4 is 9.47 Å². The van der Waals surface area contributed by atoms with E-state index in [4.69, 9.17) is 9.47 Å². The van der Waals surface area contributed by atoms with E-state index in [1.54, 1.807) is 26.6 Å². The van der Waals surface area contributed by atoms with Gasteiger partial charge in [-0.2, -0.15) is 0 Å². The van der Waals surface area contributed by atoms with Gasteiger partial charge in [-0.25, -0.2) is 0 Å². The Hall–Kier alpha value is -4.26. The number of methoxy groups -OCH3 is 2. The summed E-state index contributed by atoms with van der Waals surface area (Å²) in [5, 5.41) is 19.0. The molecule has 6 heteroatoms. The highest BCUT2D eigenvalue weighted by molar-refractivity contribution is 5.74. The van der Waals surface area contributed by atoms with E-state index in [2.05, 4.69) is 9.97 Å². The number of pyridine rings is 2. The summed E-state index contributed by atoms with van der Waals surface area (Å²) in [5.74, 6) is 1.33. The summed E-state index contributed by atoms with van der Waals surface area (Å²) in [6.45, 7) is -0.145. The molecule has 0 bridgehead atoms. The Kier molecular flexibility index (Phi) is 8.24. The highest BCUT2D eigenvalue weighted by atomic mass is 16.5. The molecule has 2 aromatic heterocycles. The molecule has 4 rings (SSSR count). The van der Waals surface area contributed by atoms with Gasteiger partial charge in [-0.3, -0.25) is 9.97 Å². The molecule has 0 aliphatic heterocycles. The standard InChI is InChI=1S/C30H28N2O4/c1-35-29-10-8-21(15-26(29)20-34)3-5-23-11-13-31-27(16-23)28-17-24(12-14-32-28)6-4-22-7-9-25(19-33)30(18-22)36-2/h3-18,33-34H,19-20H2,1-2H3/b5-3+,6-4+. The Bertz CT molecular complexity index is 1290. The third-order valence-electron chi connectivity index (χ3n) is 5.72. The molecule has 2 N–H and O–H groups in total. The second-order valence-electron chi connectivity index (χ2n) is 8.07. The largest absolute Gasteiger partial charge is 0.496 e. The highest BCUT2D eigenvalue weighted by Gasteiger charge is 2.05. The van der Waals surface area contributed by atoms with Crippen LogP contribution in [-0.2, 0) is 13.2 Å². The number of aromatic nitrogens is 2. The van der Waals surface area contributed by atoms with Gasteiger partial charge in [0.25, 0.3) is 0 Å². The average Bonchev–Trinajstić information content (AvgIpc) is 2.94. The molecule has 0 spiro atoms. The second kappa shape index (κ2) is 11.9. The van der Waals surface area contributed by atoms with E-state index in [-0.39, 0.29) is 13.2 Å². The van der Waals surface area contributed by atoms with Crippen molar-refractivity contribution >= 4 is 24.3 Å². The van der Waals surface area contributed by atoms with Crippen molar-refractivity contribution < 1.29 is 19.7 Å². The minimum Gasteiger partial charge on any atom is -0.496 e. The van der Waals surface area contributed by atoms with Crippen LogP contribution >= 0.6 is 0 Å². The summed E-state index contributed by atoms with van der Waals surface area (Å²) < 4.78 is 10.6. The molecular weight excluding hydrogens is 452 g/mol. The van der Waals surface area contributed by atoms with Gasteiger partial charge in [0.2, 0.25) is 0 Å². The number of hydrogen-bond donors (Lipinski definition) is 2. The highest BCUT2D eigenvalue weighted by Crippen LogP contribution is 2.24. The maximum absolute atomic E-state index is 9.55. The summed E-state index contributed by atoms with van der Waals surface area (Å²) in [6.07, 6.45) is 11.5. The lowest BCUT2D eigenvalue weighted by Crippen LogP contribution is -1.92. The van der Waals surface area contributed by atoms with Gasteiger partial charge in [0, 0.05) is 23.5 Å². The molecule has 0 aliphatic rings. The molecule has 182 valence electrons. The first-order valence-corrected chi connectivity index (χ1v) is 11.5. The van der Waals surface area contributed by atoms with Gasteiger partial charge in [0.05, 0.1) is 38.8 Å². The van der Waals surface area contributed by atoms with E-state index in [0.717, 1.165) is 44.8 Å². The molecule has 2 heterocycles. The van der Waals surface area contributed by atoms with Crippen molar-refractivity contribution in [2.45, 2.75) is 13.2 Å². The monoisotopic (exact) mass is 480 g/mol. The first-order chi connectivity index (χ1) is 17.6. The lowest BCUT2D eigenvalue weighted by molar-refractivity contribution is 0.273. The molecule has 36 heavy (non-hydrogen) atoms. The molecule has 4 aromatic rings. The van der Waals surface area contributed by atoms with Gasteiger partial charge in [-0.15, -0.1) is 0 Å². The summed E-state index contributed by atoms with van der Waals surface area (Å²) >= 11 is 0. The Balaban J connectivity index is 1.53. The lowest BCUT2D eigenvalue weighted by atomic mass is 10.1. The molecule has 0 unspecified atom stereocenters. The number of aliphatic hydroxyl groups excluding tert-OH is 2. The van der Waals surface area contributed by atoms with Crippen molar-refractivity contribution in [3.05, 3.63) is 106 Å². The Morgan fingerprint density at radius 2 is 1.08 bits per heavy atom. The average molecular weight is 481 g/mol. The summed E-state index contributed by atoms with van der Waals surface area (Å²) in [6, 6.07) is 19.2. The van der Waals surface area contributed by atoms with E-state index in [1.807, 2.05) is 85.0 Å². The van der Waals surface area contributed by atoms with Crippen LogP contribution in [0.1, 0.15) is 33.4 Å². The topological polar surface area (TPSA) is 84.7 Å². The van der Waals surface area contributed by atoms with Crippen LogP contribution in [0.3, 0.4) is 0 Å². The van der Waals surface area contributed by atoms with Crippen LogP contribution in [0.25, 0.3) is 35.7 Å². The molecule has 6 nitrogen and oxygen atoms in total. The van der Waals surface area contributed by atoms with Gasteiger partial charge in [-0.1, -0.05) is 42.5 Å². The van der Waals surface area contributed by atoms with Crippen molar-refractivity contribution in [2.24, 2.45) is 0 Å². The third-order valence-corrected chi connectivity index (χ3v) is 5.72. The molecule has 0 aliphatic carbocycles. The predicted molar refractivity (Wildman–Crippen MR) is 143 cm³/mol. The van der Waals surface area contributed by atoms with E-state index in [9.17, 15) is 10.2 Å². The molecule has 0 saturated carbocycles. The smallest absolute Gasteiger partial charge is 0.124 e. The fourth-order valence-corrected chi connectivity index (χ4v) is 3.79. The molecule has 0 radical (unpaired) electrons. The van der Waals surface area contributed by atoms with Gasteiger partial charge in [0.15, 0.2) is 0 Å². The van der Waals surface area contributed by atoms with Crippen molar-refractivity contribution in [2.75, 3.05) is 14.2 Å². The first-order valence-electron chi connectivity index (χ1n) is 11.5. The fraction of sp³-hybridized carbons (Fsp3) is 0.133. The van der Waals surface area contributed by atoms with Crippen LogP contribution in [-0.4, -0.2) is 34.4 Å². The number of aliphatic hydroxyl groups is 2. The van der Waals surface area contributed by atoms with Crippen molar-refractivity contribution in [1.82, 2.24) is 9.97 Å². The van der Waals surface area contributed by atoms with Crippen molar-refractivity contribution in [3.8, 4) is 22.9 Å². The predicted octanol–water partition coefficient (Wildman–Crippen LogP) is 5.49. The lowest BCUT2D eigenvalue weighted by Gasteiger charge is -2.07. The van der Waals surface area contributed by atoms with Crippen LogP contribution in [0.15, 0.2) is 73.1 Å². The maximum Gasteiger partial charge on any atom is 0.124 e. The molecule has 0 fully saturated rings. The molecular formula is C30H28N2O4. The van der Waals surface area contributed by atoms with E-state index >= 15 is 0 Å². The summed E-state index contributed by atoms with van der Waals surface area (Å²) in [7, 11) is 3.19. The summed E-state index contributed by atoms with van der Waals surface area (Å²) in [4.78, 5) is 9.01. The van der Waals surface area contributed by atoms with E-state index in [1.165, 1.54) is 0 Å². The van der Waals surface area contributed by atoms with E-state index in [0.29, 0.717) is 11.5 Å². The second-order valence-corrected chi connectivity index (χ2v) is 8.07. The van der Waals surface area contributed by atoms with Crippen molar-refractivity contribution in [1.29, 1.82) is 0 Å². The van der Waals surface area contributed by atoms with Gasteiger partial charge >= 0.3 is 0 Å². The zero-order valence-corrected chi connectivity index (χ0v) is 20.3. The third kappa shape index (κ3) is 6.05. The minimum absolute atomic E-state index is 0.0636. The number of benzene rings is 2. The zero-order chi connectivity index (χ0) is 25.3. The van der Waals surface area contributed by atoms with Gasteiger partial charge in [0.1, 0.15) is 11.5 Å². The normalized spacial score (nSPS) is 11.3. The van der Waals surface area contributed by atoms with E-state index < -0.39 is 0 Å². The van der Waals surface area contributed by atoms with Gasteiger partial charge in [-0.05, 0) is 64.7 Å². The number of nitrogens with zero attached hydrogens (tertiary/aromatic N) is 2. The Labute approximate surface area is 210 Å². The van der Waals surface area contributed by atoms with Crippen LogP contribution in [0.2, 0.25) is 0 Å². The first kappa shape index (κ1) is 24.9. The van der Waals surface area contributed by atoms with Crippen LogP contribution in [0, 0.1) is 0 Å². The molecule has 2 aromatic carbocycles. The minimum atomic E-state index is -0.0811. The zero-order valence-electron chi connectivity index (χ0n) is 20.3. The molecule has 0 saturated heterocycles. The van der Waals surface area contributed by atoms with Crippen molar-refractivity contribution in [3.63, 3.8) is 0 Å². The quantitative estimate of drug-likeness (QED) is 0.330. The Morgan fingerprint density at radius 3 is 1.61 bits per heavy atom. The number of ether oxygens (including phenoxy) is 2. The van der Waals surface area contributed by atoms with Gasteiger partial charge < -0.3 is 19.7 Å². The molecule has 0 atom stereocenters. The Morgan fingerprint density at radius 1 is 0.583 bits per heavy atom. The SMILES string of the molecule is COc1ccc(/C=C/c2ccnc(-c3cc(/C=C/c4ccc(CO)c(OC)c4)ccn3)c2)cc1CO. The summed E-state index contributed by atoms with van der Waals surface area (Å²) in [5.41, 5.74) is 6.94. The molecule has 0 amide bonds. The van der Waals surface area contributed by atoms with Crippen LogP contribution in [0.4, 0.5) is 0 Å². The maximum atomic E-state index is 9.55. The van der Waals surface area contributed by atoms with Crippen LogP contribution in [0.5, 0.6) is 11.5 Å². The fourth-order valence-electron chi connectivity index (χ4n) is 3.79. The number of hydrogen-bond acceptors (Lipinski definition) is 6. The number of rotatable bonds is 9.